The van der Waals surface area contributed by atoms with Crippen LogP contribution >= 0.6 is 0 Å². The molecule has 8 heteroatoms. The van der Waals surface area contributed by atoms with Crippen LogP contribution in [0.2, 0.25) is 0 Å². The molecule has 0 aromatic heterocycles. The molecular weight excluding hydrogens is 441 g/mol. The highest BCUT2D eigenvalue weighted by atomic mass is 19.4. The average molecular weight is 463 g/mol. The van der Waals surface area contributed by atoms with E-state index in [0.717, 1.165) is 23.2 Å². The van der Waals surface area contributed by atoms with Gasteiger partial charge in [0.15, 0.2) is 11.6 Å². The fraction of sp³-hybridized carbons (Fsp3) is 0.200. The van der Waals surface area contributed by atoms with Gasteiger partial charge in [-0.1, -0.05) is 25.1 Å². The van der Waals surface area contributed by atoms with Gasteiger partial charge in [-0.3, -0.25) is 0 Å². The molecule has 174 valence electrons. The minimum atomic E-state index is -4.69. The van der Waals surface area contributed by atoms with Crippen molar-refractivity contribution in [1.29, 1.82) is 0 Å². The van der Waals surface area contributed by atoms with Crippen LogP contribution in [-0.2, 0) is 0 Å². The van der Waals surface area contributed by atoms with E-state index >= 15 is 0 Å². The second kappa shape index (κ2) is 9.13. The van der Waals surface area contributed by atoms with Crippen molar-refractivity contribution in [3.63, 3.8) is 0 Å². The van der Waals surface area contributed by atoms with Crippen molar-refractivity contribution >= 4 is 11.3 Å². The summed E-state index contributed by atoms with van der Waals surface area (Å²) in [6.07, 6.45) is -1.44. The topological polar surface area (TPSA) is 43.7 Å². The molecule has 0 spiro atoms. The van der Waals surface area contributed by atoms with Crippen molar-refractivity contribution in [2.45, 2.75) is 33.4 Å². The van der Waals surface area contributed by atoms with Crippen LogP contribution in [0.5, 0.6) is 11.5 Å². The van der Waals surface area contributed by atoms with Gasteiger partial charge < -0.3 is 15.1 Å². The van der Waals surface area contributed by atoms with Gasteiger partial charge in [0.25, 0.3) is 0 Å². The molecule has 0 saturated heterocycles. The molecular formula is C25H22F5NO2. The standard InChI is InChI=1S/C25H22F5NO2/c1-4-14(2)23(19-11-17(26)12-20(27)24(19)33)31-13-16(25(28,29)30)9-10-21(31)15(3)18-7-5-6-8-22(18)32/h5-13,32-33H,4H2,1-3H3/b21-15+,23-14?. The maximum atomic E-state index is 14.2. The average Bonchev–Trinajstić information content (AvgIpc) is 2.76. The number of phenolic OH excluding ortho intramolecular Hbond substituents is 2. The van der Waals surface area contributed by atoms with E-state index in [9.17, 15) is 32.2 Å². The van der Waals surface area contributed by atoms with E-state index < -0.39 is 29.1 Å². The van der Waals surface area contributed by atoms with E-state index in [2.05, 4.69) is 0 Å². The van der Waals surface area contributed by atoms with Gasteiger partial charge in [0.1, 0.15) is 11.6 Å². The van der Waals surface area contributed by atoms with Crippen LogP contribution in [0.15, 0.2) is 71.6 Å². The van der Waals surface area contributed by atoms with Crippen molar-refractivity contribution in [2.24, 2.45) is 0 Å². The molecule has 2 aromatic carbocycles. The Labute approximate surface area is 188 Å². The van der Waals surface area contributed by atoms with E-state index in [0.29, 0.717) is 29.2 Å². The number of halogens is 5. The highest BCUT2D eigenvalue weighted by molar-refractivity contribution is 5.80. The van der Waals surface area contributed by atoms with Gasteiger partial charge in [0, 0.05) is 29.1 Å². The molecule has 3 nitrogen and oxygen atoms in total. The van der Waals surface area contributed by atoms with Crippen molar-refractivity contribution in [1.82, 2.24) is 4.90 Å². The van der Waals surface area contributed by atoms with Gasteiger partial charge in [-0.25, -0.2) is 8.78 Å². The van der Waals surface area contributed by atoms with Crippen molar-refractivity contribution < 1.29 is 32.2 Å². The Morgan fingerprint density at radius 1 is 0.970 bits per heavy atom. The predicted octanol–water partition coefficient (Wildman–Crippen LogP) is 7.27. The molecule has 3 rings (SSSR count). The number of hydrogen-bond donors (Lipinski definition) is 2. The first-order valence-electron chi connectivity index (χ1n) is 10.1. The van der Waals surface area contributed by atoms with Crippen LogP contribution in [0.4, 0.5) is 22.0 Å². The molecule has 0 atom stereocenters. The quantitative estimate of drug-likeness (QED) is 0.469. The Morgan fingerprint density at radius 3 is 2.24 bits per heavy atom. The van der Waals surface area contributed by atoms with E-state index in [-0.39, 0.29) is 22.7 Å². The number of alkyl halides is 3. The van der Waals surface area contributed by atoms with Gasteiger partial charge in [-0.05, 0) is 55.7 Å². The number of para-hydroxylation sites is 1. The van der Waals surface area contributed by atoms with Gasteiger partial charge >= 0.3 is 6.18 Å². The third-order valence-electron chi connectivity index (χ3n) is 5.43. The van der Waals surface area contributed by atoms with Gasteiger partial charge in [-0.15, -0.1) is 0 Å². The first-order chi connectivity index (χ1) is 15.5. The summed E-state index contributed by atoms with van der Waals surface area (Å²) in [6.45, 7) is 4.94. The Hall–Kier alpha value is -3.55. The third kappa shape index (κ3) is 4.79. The molecule has 0 radical (unpaired) electrons. The lowest BCUT2D eigenvalue weighted by atomic mass is 9.97. The van der Waals surface area contributed by atoms with E-state index in [4.69, 9.17) is 0 Å². The second-order valence-corrected chi connectivity index (χ2v) is 7.58. The lowest BCUT2D eigenvalue weighted by Gasteiger charge is -2.32. The Morgan fingerprint density at radius 2 is 1.64 bits per heavy atom. The molecule has 0 fully saturated rings. The summed E-state index contributed by atoms with van der Waals surface area (Å²) in [5.41, 5.74) is 0.219. The lowest BCUT2D eigenvalue weighted by Crippen LogP contribution is -2.24. The Bertz CT molecular complexity index is 1210. The van der Waals surface area contributed by atoms with Crippen LogP contribution < -0.4 is 0 Å². The summed E-state index contributed by atoms with van der Waals surface area (Å²) in [7, 11) is 0. The molecule has 1 heterocycles. The molecule has 2 aromatic rings. The van der Waals surface area contributed by atoms with Crippen LogP contribution in [0, 0.1) is 11.6 Å². The molecule has 1 aliphatic rings. The molecule has 1 aliphatic heterocycles. The van der Waals surface area contributed by atoms with Crippen molar-refractivity contribution in [3.8, 4) is 11.5 Å². The maximum Gasteiger partial charge on any atom is 0.417 e. The Balaban J connectivity index is 2.37. The fourth-order valence-electron chi connectivity index (χ4n) is 3.57. The second-order valence-electron chi connectivity index (χ2n) is 7.58. The smallest absolute Gasteiger partial charge is 0.417 e. The van der Waals surface area contributed by atoms with Crippen molar-refractivity contribution in [3.05, 3.63) is 94.4 Å². The first-order valence-corrected chi connectivity index (χ1v) is 10.1. The summed E-state index contributed by atoms with van der Waals surface area (Å²) in [5.74, 6) is -3.19. The Kier molecular flexibility index (Phi) is 6.67. The van der Waals surface area contributed by atoms with Gasteiger partial charge in [0.05, 0.1) is 11.3 Å². The molecule has 0 amide bonds. The minimum Gasteiger partial charge on any atom is -0.507 e. The van der Waals surface area contributed by atoms with Gasteiger partial charge in [0.2, 0.25) is 0 Å². The van der Waals surface area contributed by atoms with E-state index in [1.807, 2.05) is 0 Å². The lowest BCUT2D eigenvalue weighted by molar-refractivity contribution is -0.0891. The number of allylic oxidation sites excluding steroid dienone is 5. The van der Waals surface area contributed by atoms with Crippen molar-refractivity contribution in [2.75, 3.05) is 0 Å². The third-order valence-corrected chi connectivity index (χ3v) is 5.43. The molecule has 33 heavy (non-hydrogen) atoms. The normalized spacial score (nSPS) is 16.5. The van der Waals surface area contributed by atoms with Crippen LogP contribution in [0.1, 0.15) is 38.3 Å². The minimum absolute atomic E-state index is 0.00395. The SMILES string of the molecule is CCC(C)=C(c1cc(F)cc(F)c1O)N1C=C(C(F)(F)F)C=C/C1=C(/C)c1ccccc1O. The predicted molar refractivity (Wildman–Crippen MR) is 117 cm³/mol. The molecule has 0 aliphatic carbocycles. The van der Waals surface area contributed by atoms with Crippen LogP contribution in [0.3, 0.4) is 0 Å². The monoisotopic (exact) mass is 463 g/mol. The summed E-state index contributed by atoms with van der Waals surface area (Å²) in [5, 5.41) is 20.6. The first kappa shape index (κ1) is 24.1. The zero-order chi connectivity index (χ0) is 24.5. The van der Waals surface area contributed by atoms with Gasteiger partial charge in [-0.2, -0.15) is 13.2 Å². The number of aromatic hydroxyl groups is 2. The summed E-state index contributed by atoms with van der Waals surface area (Å²) < 4.78 is 69.1. The van der Waals surface area contributed by atoms with Crippen LogP contribution in [0.25, 0.3) is 11.3 Å². The molecule has 0 saturated carbocycles. The zero-order valence-corrected chi connectivity index (χ0v) is 18.1. The summed E-state index contributed by atoms with van der Waals surface area (Å²) in [4.78, 5) is 1.15. The molecule has 0 unspecified atom stereocenters. The van der Waals surface area contributed by atoms with E-state index in [1.54, 1.807) is 39.0 Å². The largest absolute Gasteiger partial charge is 0.507 e. The maximum absolute atomic E-state index is 14.2. The number of benzene rings is 2. The number of hydrogen-bond acceptors (Lipinski definition) is 3. The number of rotatable bonds is 4. The molecule has 2 N–H and O–H groups in total. The highest BCUT2D eigenvalue weighted by Gasteiger charge is 2.36. The fourth-order valence-corrected chi connectivity index (χ4v) is 3.57. The number of nitrogens with zero attached hydrogens (tertiary/aromatic N) is 1. The van der Waals surface area contributed by atoms with E-state index in [1.165, 1.54) is 12.1 Å². The summed E-state index contributed by atoms with van der Waals surface area (Å²) in [6, 6.07) is 7.67. The number of phenols is 2. The zero-order valence-electron chi connectivity index (χ0n) is 18.1. The molecule has 0 bridgehead atoms. The summed E-state index contributed by atoms with van der Waals surface area (Å²) >= 11 is 0. The highest BCUT2D eigenvalue weighted by Crippen LogP contribution is 2.42. The van der Waals surface area contributed by atoms with Crippen LogP contribution in [-0.4, -0.2) is 21.3 Å².